The fourth-order valence-electron chi connectivity index (χ4n) is 5.79. The molecule has 3 saturated heterocycles. The number of hydrogen-bond donors (Lipinski definition) is 9. The molecule has 3 fully saturated rings. The highest BCUT2D eigenvalue weighted by molar-refractivity contribution is 4.95. The third-order valence-electron chi connectivity index (χ3n) is 8.83. The highest BCUT2D eigenvalue weighted by Crippen LogP contribution is 2.31. The Morgan fingerprint density at radius 2 is 0.979 bits per heavy atom. The van der Waals surface area contributed by atoms with Crippen LogP contribution in [0.25, 0.3) is 0 Å². The van der Waals surface area contributed by atoms with Gasteiger partial charge in [0.15, 0.2) is 18.9 Å². The molecule has 3 aliphatic rings. The maximum atomic E-state index is 11.3. The minimum atomic E-state index is -1.75. The summed E-state index contributed by atoms with van der Waals surface area (Å²) in [6.07, 6.45) is -14.1. The van der Waals surface area contributed by atoms with E-state index in [4.69, 9.17) is 33.2 Å². The van der Waals surface area contributed by atoms with Crippen LogP contribution in [0, 0.1) is 0 Å². The predicted molar refractivity (Wildman–Crippen MR) is 162 cm³/mol. The van der Waals surface area contributed by atoms with Gasteiger partial charge in [-0.3, -0.25) is 0 Å². The van der Waals surface area contributed by atoms with Crippen LogP contribution in [-0.2, 0) is 33.2 Å². The van der Waals surface area contributed by atoms with E-state index < -0.39 is 105 Å². The minimum Gasteiger partial charge on any atom is -0.394 e. The molecule has 3 aliphatic heterocycles. The van der Waals surface area contributed by atoms with Crippen LogP contribution in [0.3, 0.4) is 0 Å². The fourth-order valence-corrected chi connectivity index (χ4v) is 5.79. The Balaban J connectivity index is 1.69. The summed E-state index contributed by atoms with van der Waals surface area (Å²) in [5.41, 5.74) is 0. The van der Waals surface area contributed by atoms with Crippen molar-refractivity contribution in [1.29, 1.82) is 0 Å². The lowest BCUT2D eigenvalue weighted by Gasteiger charge is -2.46. The van der Waals surface area contributed by atoms with E-state index in [2.05, 4.69) is 6.92 Å². The van der Waals surface area contributed by atoms with E-state index in [1.54, 1.807) is 0 Å². The van der Waals surface area contributed by atoms with E-state index in [1.807, 2.05) is 6.92 Å². The molecule has 9 N–H and O–H groups in total. The monoisotopic (exact) mass is 686 g/mol. The second-order valence-corrected chi connectivity index (χ2v) is 12.6. The summed E-state index contributed by atoms with van der Waals surface area (Å²) in [6, 6.07) is 0. The lowest BCUT2D eigenvalue weighted by atomic mass is 9.96. The Labute approximate surface area is 276 Å². The standard InChI is InChI=1S/C31H58O16/c1-3-5-7-8-9-11-13-42-30-27(40)28(47-31-26(39)24(37)21(34)18(46-31)15-41-12-10-6-4-2)22(35)19(45-30)16-43-29-25(38)23(36)20(33)17(14-32)44-29/h17-40H,3-16H2,1-2H3/t17-,18-,19-,20-,21-,22-,23+,24+,25+,26+,27+,28+,29+,30-,31-/m1/s1. The van der Waals surface area contributed by atoms with Crippen molar-refractivity contribution < 1.29 is 79.1 Å². The third kappa shape index (κ3) is 11.4. The lowest BCUT2D eigenvalue weighted by molar-refractivity contribution is -0.366. The van der Waals surface area contributed by atoms with Crippen molar-refractivity contribution in [3.8, 4) is 0 Å². The van der Waals surface area contributed by atoms with E-state index in [-0.39, 0.29) is 13.2 Å². The highest BCUT2D eigenvalue weighted by atomic mass is 16.7. The second kappa shape index (κ2) is 20.9. The van der Waals surface area contributed by atoms with E-state index in [1.165, 1.54) is 0 Å². The molecule has 0 aromatic rings. The second-order valence-electron chi connectivity index (χ2n) is 12.6. The Kier molecular flexibility index (Phi) is 18.1. The van der Waals surface area contributed by atoms with Gasteiger partial charge in [-0.2, -0.15) is 0 Å². The summed E-state index contributed by atoms with van der Waals surface area (Å²) in [5, 5.41) is 94.2. The van der Waals surface area contributed by atoms with Crippen molar-refractivity contribution in [3.63, 3.8) is 0 Å². The van der Waals surface area contributed by atoms with Crippen molar-refractivity contribution in [2.45, 2.75) is 164 Å². The van der Waals surface area contributed by atoms with Gasteiger partial charge in [-0.15, -0.1) is 0 Å². The number of unbranched alkanes of at least 4 members (excludes halogenated alkanes) is 7. The Morgan fingerprint density at radius 1 is 0.468 bits per heavy atom. The lowest BCUT2D eigenvalue weighted by Crippen LogP contribution is -2.65. The van der Waals surface area contributed by atoms with E-state index >= 15 is 0 Å². The zero-order valence-electron chi connectivity index (χ0n) is 27.4. The molecule has 0 unspecified atom stereocenters. The first-order chi connectivity index (χ1) is 22.5. The van der Waals surface area contributed by atoms with Gasteiger partial charge in [-0.1, -0.05) is 58.8 Å². The molecule has 0 bridgehead atoms. The van der Waals surface area contributed by atoms with Crippen LogP contribution in [0.5, 0.6) is 0 Å². The molecule has 3 heterocycles. The Bertz CT molecular complexity index is 839. The Morgan fingerprint density at radius 3 is 1.66 bits per heavy atom. The van der Waals surface area contributed by atoms with Crippen molar-refractivity contribution in [2.75, 3.05) is 33.0 Å². The number of aliphatic hydroxyl groups excluding tert-OH is 9. The van der Waals surface area contributed by atoms with Crippen molar-refractivity contribution >= 4 is 0 Å². The molecule has 16 heteroatoms. The Hall–Kier alpha value is -0.640. The molecule has 3 rings (SSSR count). The molecule has 16 nitrogen and oxygen atoms in total. The van der Waals surface area contributed by atoms with Gasteiger partial charge in [0.1, 0.15) is 73.2 Å². The molecule has 278 valence electrons. The SMILES string of the molecule is CCCCCCCCO[C@@H]1O[C@H](CO[C@H]2O[C@H](CO)[C@@H](O)[C@H](O)[C@@H]2O)[C@@H](O)[C@H](O[C@H]2O[C@H](COCCCCC)[C@@H](O)[C@H](O)[C@@H]2O)[C@@H]1O. The first kappa shape index (κ1) is 40.8. The summed E-state index contributed by atoms with van der Waals surface area (Å²) >= 11 is 0. The summed E-state index contributed by atoms with van der Waals surface area (Å²) in [7, 11) is 0. The zero-order chi connectivity index (χ0) is 34.5. The first-order valence-electron chi connectivity index (χ1n) is 17.0. The first-order valence-corrected chi connectivity index (χ1v) is 17.0. The molecule has 0 aromatic carbocycles. The van der Waals surface area contributed by atoms with Gasteiger partial charge in [-0.25, -0.2) is 0 Å². The average Bonchev–Trinajstić information content (AvgIpc) is 3.06. The number of hydrogen-bond acceptors (Lipinski definition) is 16. The van der Waals surface area contributed by atoms with Gasteiger partial charge in [0.05, 0.1) is 19.8 Å². The summed E-state index contributed by atoms with van der Waals surface area (Å²) in [6.45, 7) is 3.52. The minimum absolute atomic E-state index is 0.104. The van der Waals surface area contributed by atoms with Gasteiger partial charge in [0.25, 0.3) is 0 Å². The summed E-state index contributed by atoms with van der Waals surface area (Å²) in [4.78, 5) is 0. The van der Waals surface area contributed by atoms with Crippen LogP contribution in [-0.4, -0.2) is 171 Å². The quantitative estimate of drug-likeness (QED) is 0.0630. The molecule has 0 aromatic heterocycles. The van der Waals surface area contributed by atoms with Crippen LogP contribution >= 0.6 is 0 Å². The molecule has 15 atom stereocenters. The third-order valence-corrected chi connectivity index (χ3v) is 8.83. The van der Waals surface area contributed by atoms with Crippen LogP contribution in [0.1, 0.15) is 71.6 Å². The number of aliphatic hydroxyl groups is 9. The molecule has 0 spiro atoms. The molecular weight excluding hydrogens is 628 g/mol. The highest BCUT2D eigenvalue weighted by Gasteiger charge is 2.52. The van der Waals surface area contributed by atoms with Gasteiger partial charge in [0.2, 0.25) is 0 Å². The van der Waals surface area contributed by atoms with E-state index in [0.29, 0.717) is 13.0 Å². The summed E-state index contributed by atoms with van der Waals surface area (Å²) < 4.78 is 39.8. The molecule has 0 amide bonds. The summed E-state index contributed by atoms with van der Waals surface area (Å²) in [5.74, 6) is 0. The molecule has 0 aliphatic carbocycles. The largest absolute Gasteiger partial charge is 0.394 e. The fraction of sp³-hybridized carbons (Fsp3) is 1.00. The number of ether oxygens (including phenoxy) is 7. The normalized spacial score (nSPS) is 41.3. The van der Waals surface area contributed by atoms with Crippen molar-refractivity contribution in [3.05, 3.63) is 0 Å². The van der Waals surface area contributed by atoms with Crippen LogP contribution < -0.4 is 0 Å². The molecule has 47 heavy (non-hydrogen) atoms. The number of rotatable bonds is 20. The van der Waals surface area contributed by atoms with Crippen LogP contribution in [0.4, 0.5) is 0 Å². The van der Waals surface area contributed by atoms with Crippen molar-refractivity contribution in [1.82, 2.24) is 0 Å². The van der Waals surface area contributed by atoms with Crippen LogP contribution in [0.15, 0.2) is 0 Å². The predicted octanol–water partition coefficient (Wildman–Crippen LogP) is -1.97. The van der Waals surface area contributed by atoms with Gasteiger partial charge in [-0.05, 0) is 12.8 Å². The van der Waals surface area contributed by atoms with E-state index in [9.17, 15) is 46.0 Å². The van der Waals surface area contributed by atoms with Crippen LogP contribution in [0.2, 0.25) is 0 Å². The smallest absolute Gasteiger partial charge is 0.187 e. The van der Waals surface area contributed by atoms with Gasteiger partial charge < -0.3 is 79.1 Å². The van der Waals surface area contributed by atoms with Gasteiger partial charge in [0, 0.05) is 13.2 Å². The maximum absolute atomic E-state index is 11.3. The maximum Gasteiger partial charge on any atom is 0.187 e. The topological polar surface area (TPSA) is 247 Å². The zero-order valence-corrected chi connectivity index (χ0v) is 27.4. The van der Waals surface area contributed by atoms with Crippen molar-refractivity contribution in [2.24, 2.45) is 0 Å². The molecule has 0 saturated carbocycles. The van der Waals surface area contributed by atoms with Gasteiger partial charge >= 0.3 is 0 Å². The molecule has 0 radical (unpaired) electrons. The molecular formula is C31H58O16. The van der Waals surface area contributed by atoms with E-state index in [0.717, 1.165) is 51.4 Å². The average molecular weight is 687 g/mol.